The van der Waals surface area contributed by atoms with Gasteiger partial charge in [-0.15, -0.1) is 0 Å². The summed E-state index contributed by atoms with van der Waals surface area (Å²) in [6.07, 6.45) is -0.239. The molecule has 2 rings (SSSR count). The van der Waals surface area contributed by atoms with Crippen LogP contribution in [0.1, 0.15) is 66.0 Å². The third kappa shape index (κ3) is 10.5. The lowest BCUT2D eigenvalue weighted by atomic mass is 9.81. The first-order valence-corrected chi connectivity index (χ1v) is 13.3. The van der Waals surface area contributed by atoms with Crippen LogP contribution in [0.4, 0.5) is 4.79 Å². The quantitative estimate of drug-likeness (QED) is 0.291. The summed E-state index contributed by atoms with van der Waals surface area (Å²) in [6, 6.07) is 16.5. The number of ether oxygens (including phenoxy) is 2. The number of carbonyl (C=O) groups is 4. The van der Waals surface area contributed by atoms with Crippen LogP contribution in [0.2, 0.25) is 0 Å². The first-order valence-electron chi connectivity index (χ1n) is 13.3. The number of hydrogen-bond acceptors (Lipinski definition) is 6. The van der Waals surface area contributed by atoms with E-state index in [0.717, 1.165) is 11.1 Å². The fraction of sp³-hybridized carbons (Fsp3) is 0.484. The molecule has 2 aromatic rings. The van der Waals surface area contributed by atoms with Crippen molar-refractivity contribution in [2.24, 2.45) is 11.3 Å². The maximum absolute atomic E-state index is 13.7. The van der Waals surface area contributed by atoms with Gasteiger partial charge in [-0.05, 0) is 58.1 Å². The van der Waals surface area contributed by atoms with E-state index in [9.17, 15) is 19.2 Å². The summed E-state index contributed by atoms with van der Waals surface area (Å²) >= 11 is 0. The van der Waals surface area contributed by atoms with Crippen molar-refractivity contribution in [3.8, 4) is 0 Å². The van der Waals surface area contributed by atoms with Crippen molar-refractivity contribution >= 4 is 23.8 Å². The van der Waals surface area contributed by atoms with Gasteiger partial charge in [0.1, 0.15) is 23.7 Å². The summed E-state index contributed by atoms with van der Waals surface area (Å²) in [6.45, 7) is 12.1. The Morgan fingerprint density at radius 3 is 1.82 bits per heavy atom. The minimum Gasteiger partial charge on any atom is -0.460 e. The van der Waals surface area contributed by atoms with Gasteiger partial charge in [-0.25, -0.2) is 4.79 Å². The van der Waals surface area contributed by atoms with Crippen molar-refractivity contribution in [3.63, 3.8) is 0 Å². The highest BCUT2D eigenvalue weighted by Gasteiger charge is 2.42. The second-order valence-corrected chi connectivity index (χ2v) is 11.6. The van der Waals surface area contributed by atoms with E-state index in [2.05, 4.69) is 10.6 Å². The maximum atomic E-state index is 13.7. The van der Waals surface area contributed by atoms with Gasteiger partial charge in [0.2, 0.25) is 5.91 Å². The van der Waals surface area contributed by atoms with E-state index in [-0.39, 0.29) is 18.9 Å². The normalized spacial score (nSPS) is 13.2. The van der Waals surface area contributed by atoms with Crippen LogP contribution in [-0.2, 0) is 36.9 Å². The van der Waals surface area contributed by atoms with E-state index in [1.165, 1.54) is 13.8 Å². The first kappa shape index (κ1) is 31.5. The fourth-order valence-electron chi connectivity index (χ4n) is 3.92. The lowest BCUT2D eigenvalue weighted by molar-refractivity contribution is -0.160. The number of Topliss-reactive ketones (excluding diaryl/α,β-unsaturated/α-hetero) is 1. The van der Waals surface area contributed by atoms with Crippen molar-refractivity contribution in [2.75, 3.05) is 0 Å². The zero-order valence-electron chi connectivity index (χ0n) is 24.1. The number of carbonyl (C=O) groups excluding carboxylic acids is 4. The molecule has 212 valence electrons. The molecule has 0 aliphatic rings. The van der Waals surface area contributed by atoms with Crippen LogP contribution in [0.25, 0.3) is 0 Å². The molecule has 2 N–H and O–H groups in total. The SMILES string of the molecule is CC(C)C[C@H](NC(=O)[C@H](Cc1ccccc1)NC(=O)OC(C)(C)C)C(=O)C(C)(C)C(=O)OCc1ccccc1. The average Bonchev–Trinajstić information content (AvgIpc) is 2.85. The minimum atomic E-state index is -1.50. The molecular formula is C31H42N2O6. The number of esters is 1. The van der Waals surface area contributed by atoms with Crippen LogP contribution in [-0.4, -0.2) is 41.4 Å². The van der Waals surface area contributed by atoms with Crippen LogP contribution in [0.5, 0.6) is 0 Å². The summed E-state index contributed by atoms with van der Waals surface area (Å²) in [7, 11) is 0. The summed E-state index contributed by atoms with van der Waals surface area (Å²) in [5.74, 6) is -1.63. The van der Waals surface area contributed by atoms with Gasteiger partial charge in [-0.3, -0.25) is 14.4 Å². The Hall–Kier alpha value is -3.68. The van der Waals surface area contributed by atoms with E-state index in [4.69, 9.17) is 9.47 Å². The van der Waals surface area contributed by atoms with Crippen LogP contribution in [0.3, 0.4) is 0 Å². The summed E-state index contributed by atoms with van der Waals surface area (Å²) in [5.41, 5.74) is -0.629. The monoisotopic (exact) mass is 538 g/mol. The average molecular weight is 539 g/mol. The molecule has 0 unspecified atom stereocenters. The van der Waals surface area contributed by atoms with E-state index < -0.39 is 46.9 Å². The minimum absolute atomic E-state index is 0.0382. The van der Waals surface area contributed by atoms with E-state index in [1.54, 1.807) is 20.8 Å². The lowest BCUT2D eigenvalue weighted by Crippen LogP contribution is -2.56. The van der Waals surface area contributed by atoms with Gasteiger partial charge in [0, 0.05) is 6.42 Å². The molecule has 0 heterocycles. The van der Waals surface area contributed by atoms with E-state index in [1.807, 2.05) is 74.5 Å². The summed E-state index contributed by atoms with van der Waals surface area (Å²) in [5, 5.41) is 5.45. The molecule has 0 aromatic heterocycles. The second kappa shape index (κ2) is 13.9. The Labute approximate surface area is 231 Å². The van der Waals surface area contributed by atoms with Crippen molar-refractivity contribution in [3.05, 3.63) is 71.8 Å². The van der Waals surface area contributed by atoms with Crippen molar-refractivity contribution < 1.29 is 28.7 Å². The zero-order chi connectivity index (χ0) is 29.2. The molecule has 39 heavy (non-hydrogen) atoms. The third-order valence-electron chi connectivity index (χ3n) is 5.97. The number of nitrogens with one attached hydrogen (secondary N) is 2. The van der Waals surface area contributed by atoms with Crippen LogP contribution in [0, 0.1) is 11.3 Å². The summed E-state index contributed by atoms with van der Waals surface area (Å²) in [4.78, 5) is 52.7. The maximum Gasteiger partial charge on any atom is 0.408 e. The molecule has 2 atom stereocenters. The molecule has 0 aliphatic carbocycles. The number of amides is 2. The van der Waals surface area contributed by atoms with Crippen molar-refractivity contribution in [1.29, 1.82) is 0 Å². The number of benzene rings is 2. The Bertz CT molecular complexity index is 1110. The second-order valence-electron chi connectivity index (χ2n) is 11.6. The highest BCUT2D eigenvalue weighted by atomic mass is 16.6. The highest BCUT2D eigenvalue weighted by molar-refractivity contribution is 6.06. The van der Waals surface area contributed by atoms with Gasteiger partial charge in [0.25, 0.3) is 0 Å². The molecule has 2 amide bonds. The number of ketones is 1. The molecule has 0 bridgehead atoms. The largest absolute Gasteiger partial charge is 0.460 e. The van der Waals surface area contributed by atoms with E-state index >= 15 is 0 Å². The van der Waals surface area contributed by atoms with Crippen molar-refractivity contribution in [2.45, 2.75) is 85.6 Å². The van der Waals surface area contributed by atoms with Crippen LogP contribution >= 0.6 is 0 Å². The number of rotatable bonds is 12. The Morgan fingerprint density at radius 1 is 0.769 bits per heavy atom. The zero-order valence-corrected chi connectivity index (χ0v) is 24.1. The molecular weight excluding hydrogens is 496 g/mol. The van der Waals surface area contributed by atoms with Gasteiger partial charge < -0.3 is 20.1 Å². The molecule has 0 saturated heterocycles. The van der Waals surface area contributed by atoms with Gasteiger partial charge in [0.15, 0.2) is 5.78 Å². The van der Waals surface area contributed by atoms with Gasteiger partial charge in [0.05, 0.1) is 6.04 Å². The molecule has 2 aromatic carbocycles. The molecule has 8 nitrogen and oxygen atoms in total. The number of alkyl carbamates (subject to hydrolysis) is 1. The third-order valence-corrected chi connectivity index (χ3v) is 5.97. The Kier molecular flexibility index (Phi) is 11.3. The Morgan fingerprint density at radius 2 is 1.31 bits per heavy atom. The van der Waals surface area contributed by atoms with Crippen molar-refractivity contribution in [1.82, 2.24) is 10.6 Å². The van der Waals surface area contributed by atoms with E-state index in [0.29, 0.717) is 6.42 Å². The number of hydrogen-bond donors (Lipinski definition) is 2. The standard InChI is InChI=1S/C31H42N2O6/c1-21(2)18-24(26(34)31(6,7)28(36)38-20-23-16-12-9-13-17-23)32-27(35)25(19-22-14-10-8-11-15-22)33-29(37)39-30(3,4)5/h8-17,21,24-25H,18-20H2,1-7H3,(H,32,35)(H,33,37)/t24-,25-/m0/s1. The molecule has 0 spiro atoms. The molecule has 0 saturated carbocycles. The van der Waals surface area contributed by atoms with Gasteiger partial charge >= 0.3 is 12.1 Å². The van der Waals surface area contributed by atoms with Gasteiger partial charge in [-0.2, -0.15) is 0 Å². The molecule has 0 fully saturated rings. The predicted octanol–water partition coefficient (Wildman–Crippen LogP) is 4.99. The fourth-order valence-corrected chi connectivity index (χ4v) is 3.92. The predicted molar refractivity (Wildman–Crippen MR) is 150 cm³/mol. The smallest absolute Gasteiger partial charge is 0.408 e. The Balaban J connectivity index is 2.22. The molecule has 0 radical (unpaired) electrons. The summed E-state index contributed by atoms with van der Waals surface area (Å²) < 4.78 is 10.8. The van der Waals surface area contributed by atoms with Gasteiger partial charge in [-0.1, -0.05) is 74.5 Å². The molecule has 0 aliphatic heterocycles. The van der Waals surface area contributed by atoms with Crippen LogP contribution < -0.4 is 10.6 Å². The molecule has 8 heteroatoms. The topological polar surface area (TPSA) is 111 Å². The lowest BCUT2D eigenvalue weighted by Gasteiger charge is -2.30. The van der Waals surface area contributed by atoms with Crippen LogP contribution in [0.15, 0.2) is 60.7 Å². The first-order chi connectivity index (χ1) is 18.2. The highest BCUT2D eigenvalue weighted by Crippen LogP contribution is 2.24.